The molecular formula is C23H24N4O2. The minimum Gasteiger partial charge on any atom is -0.355 e. The van der Waals surface area contributed by atoms with Crippen LogP contribution in [0.5, 0.6) is 0 Å². The molecule has 2 N–H and O–H groups in total. The number of para-hydroxylation sites is 2. The van der Waals surface area contributed by atoms with Gasteiger partial charge in [0.2, 0.25) is 0 Å². The molecular weight excluding hydrogens is 364 g/mol. The fourth-order valence-corrected chi connectivity index (χ4v) is 3.60. The van der Waals surface area contributed by atoms with Gasteiger partial charge in [-0.3, -0.25) is 9.59 Å². The lowest BCUT2D eigenvalue weighted by Gasteiger charge is -2.16. The predicted molar refractivity (Wildman–Crippen MR) is 114 cm³/mol. The molecule has 4 rings (SSSR count). The lowest BCUT2D eigenvalue weighted by atomic mass is 9.97. The van der Waals surface area contributed by atoms with Crippen molar-refractivity contribution in [2.45, 2.75) is 32.2 Å². The van der Waals surface area contributed by atoms with E-state index in [0.717, 1.165) is 48.3 Å². The van der Waals surface area contributed by atoms with Crippen molar-refractivity contribution in [3.63, 3.8) is 0 Å². The van der Waals surface area contributed by atoms with Gasteiger partial charge in [-0.15, -0.1) is 0 Å². The Labute approximate surface area is 169 Å². The van der Waals surface area contributed by atoms with E-state index in [2.05, 4.69) is 15.7 Å². The first kappa shape index (κ1) is 18.9. The lowest BCUT2D eigenvalue weighted by Crippen LogP contribution is -2.33. The van der Waals surface area contributed by atoms with Crippen LogP contribution in [-0.2, 0) is 19.4 Å². The maximum absolute atomic E-state index is 12.7. The molecule has 0 fully saturated rings. The summed E-state index contributed by atoms with van der Waals surface area (Å²) in [6.45, 7) is 0.691. The molecule has 0 saturated carbocycles. The quantitative estimate of drug-likeness (QED) is 0.679. The Morgan fingerprint density at radius 1 is 1.00 bits per heavy atom. The Bertz CT molecular complexity index is 1060. The first-order valence-electron chi connectivity index (χ1n) is 10.00. The summed E-state index contributed by atoms with van der Waals surface area (Å²) in [5.74, 6) is -0.185. The molecule has 2 aromatic carbocycles. The number of rotatable bonds is 6. The molecule has 1 aliphatic rings. The highest BCUT2D eigenvalue weighted by Crippen LogP contribution is 2.20. The van der Waals surface area contributed by atoms with Gasteiger partial charge >= 0.3 is 0 Å². The van der Waals surface area contributed by atoms with Gasteiger partial charge in [-0.1, -0.05) is 30.3 Å². The maximum atomic E-state index is 12.7. The zero-order valence-corrected chi connectivity index (χ0v) is 16.2. The lowest BCUT2D eigenvalue weighted by molar-refractivity contribution is 0.0952. The summed E-state index contributed by atoms with van der Waals surface area (Å²) in [4.78, 5) is 25.0. The van der Waals surface area contributed by atoms with E-state index in [4.69, 9.17) is 0 Å². The molecule has 0 aliphatic heterocycles. The van der Waals surface area contributed by atoms with E-state index in [1.54, 1.807) is 12.1 Å². The molecule has 0 saturated heterocycles. The number of carbonyl (C=O) groups excluding carboxylic acids is 1. The topological polar surface area (TPSA) is 76.0 Å². The number of amides is 1. The van der Waals surface area contributed by atoms with Crippen LogP contribution in [0.4, 0.5) is 11.4 Å². The largest absolute Gasteiger partial charge is 0.355 e. The van der Waals surface area contributed by atoms with Crippen LogP contribution in [0, 0.1) is 0 Å². The third-order valence-electron chi connectivity index (χ3n) is 5.11. The first-order valence-corrected chi connectivity index (χ1v) is 10.00. The molecule has 6 heteroatoms. The second-order valence-corrected chi connectivity index (χ2v) is 7.18. The Kier molecular flexibility index (Phi) is 5.70. The number of hydrogen-bond acceptors (Lipinski definition) is 4. The number of nitrogens with zero attached hydrogens (tertiary/aromatic N) is 2. The Morgan fingerprint density at radius 2 is 1.76 bits per heavy atom. The highest BCUT2D eigenvalue weighted by Gasteiger charge is 2.14. The van der Waals surface area contributed by atoms with Crippen LogP contribution in [0.2, 0.25) is 0 Å². The van der Waals surface area contributed by atoms with Crippen molar-refractivity contribution in [2.75, 3.05) is 11.9 Å². The summed E-state index contributed by atoms with van der Waals surface area (Å²) >= 11 is 0. The molecule has 1 heterocycles. The summed E-state index contributed by atoms with van der Waals surface area (Å²) in [6, 6.07) is 18.8. The van der Waals surface area contributed by atoms with Crippen LogP contribution in [0.1, 0.15) is 34.5 Å². The molecule has 0 unspecified atom stereocenters. The van der Waals surface area contributed by atoms with Gasteiger partial charge in [0.05, 0.1) is 23.5 Å². The van der Waals surface area contributed by atoms with Crippen molar-refractivity contribution in [3.05, 3.63) is 87.8 Å². The van der Waals surface area contributed by atoms with E-state index in [-0.39, 0.29) is 11.5 Å². The first-order chi connectivity index (χ1) is 14.2. The summed E-state index contributed by atoms with van der Waals surface area (Å²) < 4.78 is 1.46. The molecule has 3 aromatic rings. The van der Waals surface area contributed by atoms with Crippen molar-refractivity contribution in [1.29, 1.82) is 0 Å². The molecule has 0 radical (unpaired) electrons. The second-order valence-electron chi connectivity index (χ2n) is 7.18. The van der Waals surface area contributed by atoms with E-state index in [0.29, 0.717) is 18.7 Å². The normalized spacial score (nSPS) is 12.8. The van der Waals surface area contributed by atoms with Crippen molar-refractivity contribution in [3.8, 4) is 0 Å². The zero-order valence-electron chi connectivity index (χ0n) is 16.2. The molecule has 6 nitrogen and oxygen atoms in total. The van der Waals surface area contributed by atoms with Crippen molar-refractivity contribution in [2.24, 2.45) is 0 Å². The number of fused-ring (bicyclic) bond motifs is 1. The minimum absolute atomic E-state index is 0.106. The molecule has 0 spiro atoms. The highest BCUT2D eigenvalue weighted by atomic mass is 16.2. The summed E-state index contributed by atoms with van der Waals surface area (Å²) in [7, 11) is 0. The zero-order chi connectivity index (χ0) is 20.1. The van der Waals surface area contributed by atoms with Crippen molar-refractivity contribution < 1.29 is 4.79 Å². The molecule has 1 aliphatic carbocycles. The molecule has 0 atom stereocenters. The molecule has 0 bridgehead atoms. The van der Waals surface area contributed by atoms with Crippen LogP contribution in [0.15, 0.2) is 65.5 Å². The molecule has 29 heavy (non-hydrogen) atoms. The van der Waals surface area contributed by atoms with Gasteiger partial charge in [0, 0.05) is 18.3 Å². The number of benzene rings is 2. The Balaban J connectivity index is 1.41. The standard InChI is InChI=1S/C23H24N4O2/c28-22-16-17-8-4-6-12-20(17)26-27(22)15-14-24-23(29)19-11-5-7-13-21(19)25-18-9-2-1-3-10-18/h1-3,5,7,9-11,13,16,25H,4,6,8,12,14-15H2,(H,24,29). The number of aromatic nitrogens is 2. The molecule has 148 valence electrons. The van der Waals surface area contributed by atoms with Gasteiger partial charge in [-0.05, 0) is 55.5 Å². The van der Waals surface area contributed by atoms with Crippen LogP contribution in [-0.4, -0.2) is 22.2 Å². The minimum atomic E-state index is -0.185. The van der Waals surface area contributed by atoms with Crippen molar-refractivity contribution in [1.82, 2.24) is 15.1 Å². The van der Waals surface area contributed by atoms with E-state index in [1.165, 1.54) is 4.68 Å². The van der Waals surface area contributed by atoms with E-state index in [1.807, 2.05) is 48.5 Å². The third-order valence-corrected chi connectivity index (χ3v) is 5.11. The molecule has 1 amide bonds. The number of hydrogen-bond donors (Lipinski definition) is 2. The predicted octanol–water partition coefficient (Wildman–Crippen LogP) is 3.30. The van der Waals surface area contributed by atoms with Gasteiger partial charge in [0.25, 0.3) is 11.5 Å². The number of anilines is 2. The number of aryl methyl sites for hydroxylation is 2. The second kappa shape index (κ2) is 8.73. The van der Waals surface area contributed by atoms with E-state index in [9.17, 15) is 9.59 Å². The van der Waals surface area contributed by atoms with Gasteiger partial charge in [0.15, 0.2) is 0 Å². The molecule has 1 aromatic heterocycles. The van der Waals surface area contributed by atoms with E-state index < -0.39 is 0 Å². The smallest absolute Gasteiger partial charge is 0.267 e. The van der Waals surface area contributed by atoms with E-state index >= 15 is 0 Å². The van der Waals surface area contributed by atoms with Gasteiger partial charge in [-0.2, -0.15) is 5.10 Å². The number of carbonyl (C=O) groups is 1. The van der Waals surface area contributed by atoms with Gasteiger partial charge in [0.1, 0.15) is 0 Å². The third kappa shape index (κ3) is 4.54. The van der Waals surface area contributed by atoms with Crippen LogP contribution in [0.25, 0.3) is 0 Å². The summed E-state index contributed by atoms with van der Waals surface area (Å²) in [6.07, 6.45) is 4.08. The number of nitrogens with one attached hydrogen (secondary N) is 2. The highest BCUT2D eigenvalue weighted by molar-refractivity contribution is 6.00. The SMILES string of the molecule is O=C(NCCn1nc2c(cc1=O)CCCC2)c1ccccc1Nc1ccccc1. The van der Waals surface area contributed by atoms with Gasteiger partial charge in [-0.25, -0.2) is 4.68 Å². The summed E-state index contributed by atoms with van der Waals surface area (Å²) in [5.41, 5.74) is 4.19. The van der Waals surface area contributed by atoms with Crippen molar-refractivity contribution >= 4 is 17.3 Å². The maximum Gasteiger partial charge on any atom is 0.267 e. The monoisotopic (exact) mass is 388 g/mol. The van der Waals surface area contributed by atoms with Crippen LogP contribution >= 0.6 is 0 Å². The Hall–Kier alpha value is -3.41. The average molecular weight is 388 g/mol. The average Bonchev–Trinajstić information content (AvgIpc) is 2.75. The van der Waals surface area contributed by atoms with Crippen LogP contribution < -0.4 is 16.2 Å². The Morgan fingerprint density at radius 3 is 2.62 bits per heavy atom. The summed E-state index contributed by atoms with van der Waals surface area (Å²) in [5, 5.41) is 10.7. The van der Waals surface area contributed by atoms with Gasteiger partial charge < -0.3 is 10.6 Å². The van der Waals surface area contributed by atoms with Crippen LogP contribution in [0.3, 0.4) is 0 Å². The fraction of sp³-hybridized carbons (Fsp3) is 0.261. The fourth-order valence-electron chi connectivity index (χ4n) is 3.60.